The molecule has 1 fully saturated rings. The second-order valence-corrected chi connectivity index (χ2v) is 6.95. The maximum absolute atomic E-state index is 11.4. The van der Waals surface area contributed by atoms with E-state index in [0.717, 1.165) is 26.0 Å². The molecular formula is C14H21NO4S. The van der Waals surface area contributed by atoms with Crippen LogP contribution in [0.5, 0.6) is 5.75 Å². The van der Waals surface area contributed by atoms with E-state index in [-0.39, 0.29) is 4.90 Å². The monoisotopic (exact) mass is 299 g/mol. The summed E-state index contributed by atoms with van der Waals surface area (Å²) in [4.78, 5) is 0.280. The Morgan fingerprint density at radius 1 is 1.45 bits per heavy atom. The van der Waals surface area contributed by atoms with Gasteiger partial charge in [-0.1, -0.05) is 6.07 Å². The van der Waals surface area contributed by atoms with Crippen LogP contribution in [-0.4, -0.2) is 47.1 Å². The van der Waals surface area contributed by atoms with Crippen molar-refractivity contribution < 1.29 is 17.9 Å². The van der Waals surface area contributed by atoms with Gasteiger partial charge in [-0.05, 0) is 31.0 Å². The predicted octanol–water partition coefficient (Wildman–Crippen LogP) is 1.24. The summed E-state index contributed by atoms with van der Waals surface area (Å²) in [5, 5.41) is 3.27. The van der Waals surface area contributed by atoms with E-state index in [0.29, 0.717) is 25.0 Å². The highest BCUT2D eigenvalue weighted by Crippen LogP contribution is 2.17. The summed E-state index contributed by atoms with van der Waals surface area (Å²) >= 11 is 0. The van der Waals surface area contributed by atoms with Crippen LogP contribution in [0.2, 0.25) is 0 Å². The van der Waals surface area contributed by atoms with Crippen molar-refractivity contribution in [3.8, 4) is 5.75 Å². The standard InChI is InChI=1S/C14H21NO4S/c1-20(16,17)14-6-2-4-12(10-14)19-9-7-15-11-13-5-3-8-18-13/h2,4,6,10,13,15H,3,5,7-9,11H2,1H3. The summed E-state index contributed by atoms with van der Waals surface area (Å²) in [5.74, 6) is 0.576. The molecule has 0 aromatic heterocycles. The quantitative estimate of drug-likeness (QED) is 0.767. The Balaban J connectivity index is 1.71. The zero-order valence-corrected chi connectivity index (χ0v) is 12.5. The Morgan fingerprint density at radius 2 is 2.30 bits per heavy atom. The van der Waals surface area contributed by atoms with E-state index in [1.807, 2.05) is 0 Å². The molecule has 1 saturated heterocycles. The van der Waals surface area contributed by atoms with E-state index in [1.54, 1.807) is 24.3 Å². The smallest absolute Gasteiger partial charge is 0.175 e. The van der Waals surface area contributed by atoms with Gasteiger partial charge in [0.05, 0.1) is 11.0 Å². The minimum absolute atomic E-state index is 0.280. The Morgan fingerprint density at radius 3 is 3.00 bits per heavy atom. The first-order valence-corrected chi connectivity index (χ1v) is 8.70. The molecular weight excluding hydrogens is 278 g/mol. The molecule has 1 aliphatic heterocycles. The minimum atomic E-state index is -3.18. The molecule has 1 N–H and O–H groups in total. The van der Waals surface area contributed by atoms with E-state index in [1.165, 1.54) is 6.26 Å². The molecule has 0 spiro atoms. The van der Waals surface area contributed by atoms with Crippen LogP contribution in [0, 0.1) is 0 Å². The van der Waals surface area contributed by atoms with Gasteiger partial charge in [0.2, 0.25) is 0 Å². The molecule has 0 amide bonds. The topological polar surface area (TPSA) is 64.6 Å². The van der Waals surface area contributed by atoms with E-state index in [9.17, 15) is 8.42 Å². The largest absolute Gasteiger partial charge is 0.492 e. The average molecular weight is 299 g/mol. The lowest BCUT2D eigenvalue weighted by Crippen LogP contribution is -2.29. The molecule has 112 valence electrons. The Bertz CT molecular complexity index is 524. The normalized spacial score (nSPS) is 19.1. The molecule has 0 aliphatic carbocycles. The first-order valence-electron chi connectivity index (χ1n) is 6.81. The second-order valence-electron chi connectivity index (χ2n) is 4.93. The highest BCUT2D eigenvalue weighted by Gasteiger charge is 2.14. The summed E-state index contributed by atoms with van der Waals surface area (Å²) in [7, 11) is -3.18. The number of rotatable bonds is 7. The number of hydrogen-bond acceptors (Lipinski definition) is 5. The lowest BCUT2D eigenvalue weighted by Gasteiger charge is -2.11. The molecule has 5 nitrogen and oxygen atoms in total. The molecule has 1 aromatic rings. The molecule has 0 radical (unpaired) electrons. The second kappa shape index (κ2) is 7.06. The summed E-state index contributed by atoms with van der Waals surface area (Å²) < 4.78 is 33.9. The Kier molecular flexibility index (Phi) is 5.39. The molecule has 6 heteroatoms. The maximum Gasteiger partial charge on any atom is 0.175 e. The van der Waals surface area contributed by atoms with Gasteiger partial charge in [0.25, 0.3) is 0 Å². The molecule has 1 aromatic carbocycles. The van der Waals surface area contributed by atoms with E-state index < -0.39 is 9.84 Å². The average Bonchev–Trinajstić information content (AvgIpc) is 2.91. The van der Waals surface area contributed by atoms with Crippen LogP contribution in [0.3, 0.4) is 0 Å². The number of benzene rings is 1. The highest BCUT2D eigenvalue weighted by atomic mass is 32.2. The minimum Gasteiger partial charge on any atom is -0.492 e. The van der Waals surface area contributed by atoms with Crippen LogP contribution in [-0.2, 0) is 14.6 Å². The summed E-state index contributed by atoms with van der Waals surface area (Å²) in [6.07, 6.45) is 3.77. The molecule has 1 atom stereocenters. The van der Waals surface area contributed by atoms with Crippen molar-refractivity contribution in [2.75, 3.05) is 32.6 Å². The summed E-state index contributed by atoms with van der Waals surface area (Å²) in [5.41, 5.74) is 0. The third-order valence-corrected chi connectivity index (χ3v) is 4.29. The fourth-order valence-corrected chi connectivity index (χ4v) is 2.76. The molecule has 1 heterocycles. The van der Waals surface area contributed by atoms with Crippen LogP contribution in [0.15, 0.2) is 29.2 Å². The lowest BCUT2D eigenvalue weighted by molar-refractivity contribution is 0.109. The van der Waals surface area contributed by atoms with E-state index in [4.69, 9.17) is 9.47 Å². The van der Waals surface area contributed by atoms with Crippen LogP contribution in [0.1, 0.15) is 12.8 Å². The van der Waals surface area contributed by atoms with Crippen molar-refractivity contribution in [1.29, 1.82) is 0 Å². The van der Waals surface area contributed by atoms with Crippen molar-refractivity contribution in [2.45, 2.75) is 23.8 Å². The number of ether oxygens (including phenoxy) is 2. The third-order valence-electron chi connectivity index (χ3n) is 3.18. The zero-order chi connectivity index (χ0) is 14.4. The maximum atomic E-state index is 11.4. The summed E-state index contributed by atoms with van der Waals surface area (Å²) in [6.45, 7) is 2.91. The van der Waals surface area contributed by atoms with Crippen LogP contribution >= 0.6 is 0 Å². The first-order chi connectivity index (χ1) is 9.55. The summed E-state index contributed by atoms with van der Waals surface area (Å²) in [6, 6.07) is 6.56. The number of hydrogen-bond donors (Lipinski definition) is 1. The van der Waals surface area contributed by atoms with Crippen molar-refractivity contribution in [3.63, 3.8) is 0 Å². The van der Waals surface area contributed by atoms with Gasteiger partial charge in [0.15, 0.2) is 9.84 Å². The van der Waals surface area contributed by atoms with Gasteiger partial charge in [-0.2, -0.15) is 0 Å². The molecule has 0 bridgehead atoms. The third kappa shape index (κ3) is 4.77. The van der Waals surface area contributed by atoms with Gasteiger partial charge >= 0.3 is 0 Å². The Hall–Kier alpha value is -1.11. The molecule has 20 heavy (non-hydrogen) atoms. The van der Waals surface area contributed by atoms with Gasteiger partial charge in [-0.15, -0.1) is 0 Å². The lowest BCUT2D eigenvalue weighted by atomic mass is 10.2. The SMILES string of the molecule is CS(=O)(=O)c1cccc(OCCNCC2CCCO2)c1. The van der Waals surface area contributed by atoms with Gasteiger partial charge in [-0.3, -0.25) is 0 Å². The number of sulfone groups is 1. The molecule has 2 rings (SSSR count). The zero-order valence-electron chi connectivity index (χ0n) is 11.7. The first kappa shape index (κ1) is 15.3. The Labute approximate surface area is 120 Å². The van der Waals surface area contributed by atoms with Gasteiger partial charge in [0, 0.05) is 26.0 Å². The molecule has 0 saturated carbocycles. The van der Waals surface area contributed by atoms with Gasteiger partial charge < -0.3 is 14.8 Å². The fourth-order valence-electron chi connectivity index (χ4n) is 2.10. The van der Waals surface area contributed by atoms with Crippen molar-refractivity contribution in [1.82, 2.24) is 5.32 Å². The van der Waals surface area contributed by atoms with Crippen LogP contribution in [0.4, 0.5) is 0 Å². The molecule has 1 unspecified atom stereocenters. The van der Waals surface area contributed by atoms with Gasteiger partial charge in [-0.25, -0.2) is 8.42 Å². The predicted molar refractivity (Wildman–Crippen MR) is 76.9 cm³/mol. The van der Waals surface area contributed by atoms with Gasteiger partial charge in [0.1, 0.15) is 12.4 Å². The van der Waals surface area contributed by atoms with E-state index >= 15 is 0 Å². The highest BCUT2D eigenvalue weighted by molar-refractivity contribution is 7.90. The van der Waals surface area contributed by atoms with Crippen molar-refractivity contribution >= 4 is 9.84 Å². The van der Waals surface area contributed by atoms with Crippen molar-refractivity contribution in [2.24, 2.45) is 0 Å². The van der Waals surface area contributed by atoms with Crippen molar-refractivity contribution in [3.05, 3.63) is 24.3 Å². The fraction of sp³-hybridized carbons (Fsp3) is 0.571. The van der Waals surface area contributed by atoms with Crippen LogP contribution < -0.4 is 10.1 Å². The molecule has 1 aliphatic rings. The van der Waals surface area contributed by atoms with E-state index in [2.05, 4.69) is 5.32 Å². The number of nitrogens with one attached hydrogen (secondary N) is 1. The van der Waals surface area contributed by atoms with Crippen LogP contribution in [0.25, 0.3) is 0 Å².